The molecule has 0 aliphatic carbocycles. The Hall–Kier alpha value is -1.80. The number of benzene rings is 2. The Balaban J connectivity index is 1.97. The maximum absolute atomic E-state index is 9.78. The minimum Gasteiger partial charge on any atom is -0.392 e. The van der Waals surface area contributed by atoms with Gasteiger partial charge in [-0.05, 0) is 54.5 Å². The monoisotopic (exact) mass is 323 g/mol. The van der Waals surface area contributed by atoms with Gasteiger partial charge in [0.25, 0.3) is 0 Å². The first-order valence-electron chi connectivity index (χ1n) is 9.28. The summed E-state index contributed by atoms with van der Waals surface area (Å²) in [5.41, 5.74) is 6.14. The van der Waals surface area contributed by atoms with E-state index in [1.54, 1.807) is 0 Å². The number of aliphatic hydroxyl groups is 1. The van der Waals surface area contributed by atoms with Crippen molar-refractivity contribution >= 4 is 21.8 Å². The van der Waals surface area contributed by atoms with Crippen molar-refractivity contribution in [2.75, 3.05) is 0 Å². The van der Waals surface area contributed by atoms with Gasteiger partial charge in [0.05, 0.1) is 6.61 Å². The highest BCUT2D eigenvalue weighted by Gasteiger charge is 2.14. The van der Waals surface area contributed by atoms with E-state index in [2.05, 4.69) is 56.1 Å². The molecule has 1 atom stereocenters. The number of rotatable bonds is 7. The molecule has 0 unspecified atom stereocenters. The Morgan fingerprint density at radius 1 is 1.12 bits per heavy atom. The molecule has 2 heteroatoms. The summed E-state index contributed by atoms with van der Waals surface area (Å²) in [5, 5.41) is 12.3. The normalized spacial score (nSPS) is 13.0. The Kier molecular flexibility index (Phi) is 5.25. The maximum atomic E-state index is 9.78. The third-order valence-corrected chi connectivity index (χ3v) is 5.54. The lowest BCUT2D eigenvalue weighted by molar-refractivity contribution is 0.281. The van der Waals surface area contributed by atoms with Gasteiger partial charge < -0.3 is 10.1 Å². The number of aliphatic hydroxyl groups excluding tert-OH is 1. The van der Waals surface area contributed by atoms with Crippen molar-refractivity contribution < 1.29 is 5.11 Å². The predicted molar refractivity (Wildman–Crippen MR) is 103 cm³/mol. The summed E-state index contributed by atoms with van der Waals surface area (Å²) in [6.07, 6.45) is 6.15. The van der Waals surface area contributed by atoms with Crippen LogP contribution in [-0.4, -0.2) is 10.1 Å². The predicted octanol–water partition coefficient (Wildman–Crippen LogP) is 5.88. The number of hydrogen-bond donors (Lipinski definition) is 2. The average molecular weight is 323 g/mol. The topological polar surface area (TPSA) is 36.0 Å². The summed E-state index contributed by atoms with van der Waals surface area (Å²) in [4.78, 5) is 3.62. The number of nitrogens with one attached hydrogen (secondary N) is 1. The summed E-state index contributed by atoms with van der Waals surface area (Å²) in [5.74, 6) is 0.822. The lowest BCUT2D eigenvalue weighted by Crippen LogP contribution is -1.99. The van der Waals surface area contributed by atoms with Crippen LogP contribution in [0.3, 0.4) is 0 Å². The number of H-pyrrole nitrogens is 1. The van der Waals surface area contributed by atoms with E-state index in [0.717, 1.165) is 17.9 Å². The molecule has 2 aromatic carbocycles. The molecule has 0 saturated carbocycles. The summed E-state index contributed by atoms with van der Waals surface area (Å²) in [6.45, 7) is 6.88. The highest BCUT2D eigenvalue weighted by atomic mass is 16.3. The fourth-order valence-electron chi connectivity index (χ4n) is 3.69. The average Bonchev–Trinajstić information content (AvgIpc) is 2.97. The van der Waals surface area contributed by atoms with E-state index >= 15 is 0 Å². The molecule has 0 bridgehead atoms. The quantitative estimate of drug-likeness (QED) is 0.523. The Morgan fingerprint density at radius 2 is 1.92 bits per heavy atom. The van der Waals surface area contributed by atoms with E-state index < -0.39 is 0 Å². The van der Waals surface area contributed by atoms with Gasteiger partial charge in [-0.2, -0.15) is 0 Å². The second kappa shape index (κ2) is 7.40. The molecule has 0 saturated heterocycles. The van der Waals surface area contributed by atoms with Crippen molar-refractivity contribution in [2.24, 2.45) is 5.92 Å². The zero-order valence-electron chi connectivity index (χ0n) is 15.2. The number of aromatic nitrogens is 1. The van der Waals surface area contributed by atoms with Gasteiger partial charge in [0.15, 0.2) is 0 Å². The molecule has 2 nitrogen and oxygen atoms in total. The van der Waals surface area contributed by atoms with Crippen LogP contribution in [0.2, 0.25) is 0 Å². The number of unbranched alkanes of at least 4 members (excludes halogenated alkanes) is 1. The molecule has 3 aromatic rings. The van der Waals surface area contributed by atoms with Crippen LogP contribution in [0.5, 0.6) is 0 Å². The molecule has 0 aliphatic rings. The first-order valence-corrected chi connectivity index (χ1v) is 9.28. The third-order valence-electron chi connectivity index (χ3n) is 5.54. The fraction of sp³-hybridized carbons (Fsp3) is 0.455. The number of hydrogen-bond acceptors (Lipinski definition) is 1. The smallest absolute Gasteiger partial charge is 0.0684 e. The summed E-state index contributed by atoms with van der Waals surface area (Å²) < 4.78 is 0. The summed E-state index contributed by atoms with van der Waals surface area (Å²) >= 11 is 0. The van der Waals surface area contributed by atoms with E-state index in [1.807, 2.05) is 0 Å². The van der Waals surface area contributed by atoms with Gasteiger partial charge in [0, 0.05) is 21.8 Å². The van der Waals surface area contributed by atoms with Gasteiger partial charge in [0.2, 0.25) is 0 Å². The fourth-order valence-corrected chi connectivity index (χ4v) is 3.69. The van der Waals surface area contributed by atoms with Gasteiger partial charge in [-0.25, -0.2) is 0 Å². The molecule has 2 N–H and O–H groups in total. The van der Waals surface area contributed by atoms with E-state index in [0.29, 0.717) is 0 Å². The second-order valence-electron chi connectivity index (χ2n) is 7.15. The molecular weight excluding hydrogens is 294 g/mol. The third kappa shape index (κ3) is 3.21. The highest BCUT2D eigenvalue weighted by molar-refractivity contribution is 6.08. The van der Waals surface area contributed by atoms with E-state index in [-0.39, 0.29) is 6.61 Å². The maximum Gasteiger partial charge on any atom is 0.0684 e. The van der Waals surface area contributed by atoms with Gasteiger partial charge in [-0.3, -0.25) is 0 Å². The summed E-state index contributed by atoms with van der Waals surface area (Å²) in [7, 11) is 0. The largest absolute Gasteiger partial charge is 0.392 e. The summed E-state index contributed by atoms with van der Waals surface area (Å²) in [6, 6.07) is 10.6. The first-order chi connectivity index (χ1) is 11.7. The molecule has 0 spiro atoms. The van der Waals surface area contributed by atoms with Crippen molar-refractivity contribution in [3.05, 3.63) is 47.0 Å². The van der Waals surface area contributed by atoms with Crippen LogP contribution in [0, 0.1) is 12.8 Å². The first kappa shape index (κ1) is 17.0. The standard InChI is InChI=1S/C22H29NO/c1-4-15(2)9-5-6-10-18-16(3)17(14-24)13-20-19-11-7-8-12-21(19)23-22(18)20/h7-8,11-13,15,23-24H,4-6,9-10,14H2,1-3H3/t15-/m0/s1. The number of fused-ring (bicyclic) bond motifs is 3. The highest BCUT2D eigenvalue weighted by Crippen LogP contribution is 2.32. The van der Waals surface area contributed by atoms with Crippen molar-refractivity contribution in [1.82, 2.24) is 4.98 Å². The van der Waals surface area contributed by atoms with Crippen LogP contribution in [0.25, 0.3) is 21.8 Å². The molecule has 1 heterocycles. The van der Waals surface area contributed by atoms with Crippen LogP contribution in [-0.2, 0) is 13.0 Å². The van der Waals surface area contributed by atoms with Gasteiger partial charge in [-0.15, -0.1) is 0 Å². The van der Waals surface area contributed by atoms with Crippen LogP contribution in [0.1, 0.15) is 56.2 Å². The van der Waals surface area contributed by atoms with E-state index in [4.69, 9.17) is 0 Å². The SMILES string of the molecule is CC[C@H](C)CCCCc1c(C)c(CO)cc2c1[nH]c1ccccc12. The van der Waals surface area contributed by atoms with E-state index in [9.17, 15) is 5.11 Å². The molecule has 24 heavy (non-hydrogen) atoms. The zero-order valence-corrected chi connectivity index (χ0v) is 15.2. The van der Waals surface area contributed by atoms with Crippen LogP contribution in [0.15, 0.2) is 30.3 Å². The minimum atomic E-state index is 0.112. The molecular formula is C22H29NO. The lowest BCUT2D eigenvalue weighted by atomic mass is 9.93. The van der Waals surface area contributed by atoms with Crippen molar-refractivity contribution in [2.45, 2.75) is 59.5 Å². The van der Waals surface area contributed by atoms with Crippen LogP contribution >= 0.6 is 0 Å². The van der Waals surface area contributed by atoms with Gasteiger partial charge >= 0.3 is 0 Å². The molecule has 3 rings (SSSR count). The van der Waals surface area contributed by atoms with Crippen molar-refractivity contribution in [1.29, 1.82) is 0 Å². The number of aryl methyl sites for hydroxylation is 1. The Labute approximate surface area is 144 Å². The van der Waals surface area contributed by atoms with Crippen molar-refractivity contribution in [3.8, 4) is 0 Å². The Morgan fingerprint density at radius 3 is 2.67 bits per heavy atom. The zero-order chi connectivity index (χ0) is 17.1. The molecule has 0 fully saturated rings. The number of aromatic amines is 1. The second-order valence-corrected chi connectivity index (χ2v) is 7.15. The molecule has 1 aromatic heterocycles. The van der Waals surface area contributed by atoms with E-state index in [1.165, 1.54) is 58.6 Å². The van der Waals surface area contributed by atoms with Gasteiger partial charge in [0.1, 0.15) is 0 Å². The molecule has 0 radical (unpaired) electrons. The van der Waals surface area contributed by atoms with Crippen LogP contribution in [0.4, 0.5) is 0 Å². The molecule has 128 valence electrons. The van der Waals surface area contributed by atoms with Gasteiger partial charge in [-0.1, -0.05) is 51.3 Å². The van der Waals surface area contributed by atoms with Crippen molar-refractivity contribution in [3.63, 3.8) is 0 Å². The molecule has 0 amide bonds. The lowest BCUT2D eigenvalue weighted by Gasteiger charge is -2.13. The minimum absolute atomic E-state index is 0.112. The van der Waals surface area contributed by atoms with Crippen LogP contribution < -0.4 is 0 Å². The molecule has 0 aliphatic heterocycles. The Bertz CT molecular complexity index is 831. The number of para-hydroxylation sites is 1.